The Bertz CT molecular complexity index is 3110. The average Bonchev–Trinajstić information content (AvgIpc) is 3.87. The second kappa shape index (κ2) is 11.8. The molecule has 0 fully saturated rings. The first-order valence-electron chi connectivity index (χ1n) is 18.1. The van der Waals surface area contributed by atoms with Gasteiger partial charge in [-0.25, -0.2) is 8.78 Å². The number of rotatable bonds is 4. The molecule has 3 heterocycles. The van der Waals surface area contributed by atoms with Crippen LogP contribution >= 0.6 is 0 Å². The quantitative estimate of drug-likeness (QED) is 0.179. The van der Waals surface area contributed by atoms with Gasteiger partial charge in [0.05, 0.1) is 56.1 Å². The summed E-state index contributed by atoms with van der Waals surface area (Å²) < 4.78 is 43.2. The lowest BCUT2D eigenvalue weighted by Gasteiger charge is -2.25. The Balaban J connectivity index is 1.44. The third-order valence-electron chi connectivity index (χ3n) is 11.0. The predicted octanol–water partition coefficient (Wildman–Crippen LogP) is 12.8. The average molecular weight is 711 g/mol. The molecule has 0 saturated heterocycles. The van der Waals surface area contributed by atoms with E-state index in [0.717, 1.165) is 54.4 Å². The van der Waals surface area contributed by atoms with Crippen molar-refractivity contribution >= 4 is 65.4 Å². The van der Waals surface area contributed by atoms with Crippen LogP contribution in [0, 0.1) is 23.0 Å². The van der Waals surface area contributed by atoms with E-state index in [1.165, 1.54) is 0 Å². The molecule has 11 aromatic rings. The van der Waals surface area contributed by atoms with Gasteiger partial charge in [0, 0.05) is 37.9 Å². The lowest BCUT2D eigenvalue weighted by molar-refractivity contribution is 0.567. The first-order valence-corrected chi connectivity index (χ1v) is 18.1. The Labute approximate surface area is 313 Å². The zero-order valence-electron chi connectivity index (χ0n) is 29.2. The van der Waals surface area contributed by atoms with E-state index in [4.69, 9.17) is 0 Å². The van der Waals surface area contributed by atoms with Gasteiger partial charge >= 0.3 is 0 Å². The van der Waals surface area contributed by atoms with Gasteiger partial charge in [0.25, 0.3) is 0 Å². The Morgan fingerprint density at radius 2 is 0.618 bits per heavy atom. The topological polar surface area (TPSA) is 38.6 Å². The van der Waals surface area contributed by atoms with Crippen LogP contribution in [-0.2, 0) is 0 Å². The van der Waals surface area contributed by atoms with Crippen molar-refractivity contribution in [3.8, 4) is 34.3 Å². The standard InChI is InChI=1S/C49H28F2N4/c50-45-47(53-38-19-7-1-13-32(38)33-14-2-8-20-39(33)53)44(31-27-25-30(29-52)26-28-31)48(54-40-21-9-3-15-34(40)35-16-4-10-22-41(35)54)46(51)49(45)55-42-23-11-5-17-36(42)37-18-6-12-24-43(37)55/h1-28H. The summed E-state index contributed by atoms with van der Waals surface area (Å²) in [6.07, 6.45) is 0. The van der Waals surface area contributed by atoms with Crippen molar-refractivity contribution in [2.45, 2.75) is 0 Å². The molecule has 0 aliphatic rings. The third-order valence-corrected chi connectivity index (χ3v) is 11.0. The SMILES string of the molecule is N#Cc1ccc(-c2c(-n3c4ccccc4c4ccccc43)c(F)c(-n3c4ccccc4c4ccccc43)c(F)c2-n2c3ccccc3c3ccccc32)cc1. The molecule has 0 unspecified atom stereocenters. The van der Waals surface area contributed by atoms with Gasteiger partial charge < -0.3 is 13.7 Å². The normalized spacial score (nSPS) is 11.8. The second-order valence-electron chi connectivity index (χ2n) is 13.8. The van der Waals surface area contributed by atoms with Crippen LogP contribution in [0.1, 0.15) is 5.56 Å². The molecule has 4 nitrogen and oxygen atoms in total. The Morgan fingerprint density at radius 1 is 0.345 bits per heavy atom. The molecule has 0 atom stereocenters. The van der Waals surface area contributed by atoms with Crippen molar-refractivity contribution in [1.82, 2.24) is 13.7 Å². The molecular weight excluding hydrogens is 683 g/mol. The summed E-state index contributed by atoms with van der Waals surface area (Å²) in [7, 11) is 0. The number of benzene rings is 8. The number of aromatic nitrogens is 3. The number of fused-ring (bicyclic) bond motifs is 9. The van der Waals surface area contributed by atoms with Gasteiger partial charge in [0.2, 0.25) is 0 Å². The molecule has 0 bridgehead atoms. The summed E-state index contributed by atoms with van der Waals surface area (Å²) in [4.78, 5) is 0. The summed E-state index contributed by atoms with van der Waals surface area (Å²) in [6, 6.07) is 56.6. The second-order valence-corrected chi connectivity index (χ2v) is 13.8. The van der Waals surface area contributed by atoms with Crippen LogP contribution in [-0.4, -0.2) is 13.7 Å². The van der Waals surface area contributed by atoms with E-state index in [2.05, 4.69) is 6.07 Å². The number of hydrogen-bond acceptors (Lipinski definition) is 1. The minimum absolute atomic E-state index is 0.177. The number of halogens is 2. The molecule has 258 valence electrons. The van der Waals surface area contributed by atoms with Crippen LogP contribution in [0.15, 0.2) is 170 Å². The third kappa shape index (κ3) is 4.29. The monoisotopic (exact) mass is 710 g/mol. The van der Waals surface area contributed by atoms with E-state index in [0.29, 0.717) is 27.7 Å². The van der Waals surface area contributed by atoms with Crippen molar-refractivity contribution in [3.05, 3.63) is 187 Å². The highest BCUT2D eigenvalue weighted by Gasteiger charge is 2.33. The van der Waals surface area contributed by atoms with Gasteiger partial charge in [-0.2, -0.15) is 5.26 Å². The number of hydrogen-bond donors (Lipinski definition) is 0. The van der Waals surface area contributed by atoms with Crippen molar-refractivity contribution in [2.24, 2.45) is 0 Å². The molecule has 0 aliphatic carbocycles. The van der Waals surface area contributed by atoms with E-state index in [1.807, 2.05) is 155 Å². The van der Waals surface area contributed by atoms with Gasteiger partial charge in [-0.15, -0.1) is 0 Å². The minimum Gasteiger partial charge on any atom is -0.306 e. The number of para-hydroxylation sites is 6. The highest BCUT2D eigenvalue weighted by atomic mass is 19.1. The van der Waals surface area contributed by atoms with Gasteiger partial charge in [0.15, 0.2) is 11.6 Å². The molecular formula is C49H28F2N4. The lowest BCUT2D eigenvalue weighted by atomic mass is 9.97. The van der Waals surface area contributed by atoms with E-state index < -0.39 is 11.6 Å². The zero-order valence-corrected chi connectivity index (χ0v) is 29.2. The molecule has 0 spiro atoms. The first-order chi connectivity index (χ1) is 27.1. The Hall–Kier alpha value is -7.49. The molecule has 11 rings (SSSR count). The van der Waals surface area contributed by atoms with Crippen LogP contribution in [0.3, 0.4) is 0 Å². The molecule has 3 aromatic heterocycles. The largest absolute Gasteiger partial charge is 0.306 e. The van der Waals surface area contributed by atoms with E-state index in [-0.39, 0.29) is 17.1 Å². The molecule has 0 amide bonds. The molecule has 6 heteroatoms. The molecule has 0 saturated carbocycles. The maximum atomic E-state index is 18.8. The minimum atomic E-state index is -0.709. The summed E-state index contributed by atoms with van der Waals surface area (Å²) >= 11 is 0. The van der Waals surface area contributed by atoms with Crippen molar-refractivity contribution in [1.29, 1.82) is 5.26 Å². The number of nitrogens with zero attached hydrogens (tertiary/aromatic N) is 4. The fraction of sp³-hybridized carbons (Fsp3) is 0. The van der Waals surface area contributed by atoms with Crippen LogP contribution in [0.25, 0.3) is 93.6 Å². The Morgan fingerprint density at radius 3 is 0.909 bits per heavy atom. The van der Waals surface area contributed by atoms with Crippen LogP contribution in [0.5, 0.6) is 0 Å². The van der Waals surface area contributed by atoms with Gasteiger partial charge in [-0.05, 0) is 54.1 Å². The van der Waals surface area contributed by atoms with Crippen molar-refractivity contribution in [3.63, 3.8) is 0 Å². The highest BCUT2D eigenvalue weighted by molar-refractivity contribution is 6.13. The summed E-state index contributed by atoms with van der Waals surface area (Å²) in [5, 5.41) is 15.4. The van der Waals surface area contributed by atoms with Crippen molar-refractivity contribution < 1.29 is 8.78 Å². The fourth-order valence-corrected chi connectivity index (χ4v) is 8.74. The lowest BCUT2D eigenvalue weighted by Crippen LogP contribution is -2.14. The van der Waals surface area contributed by atoms with Crippen molar-refractivity contribution in [2.75, 3.05) is 0 Å². The molecule has 0 N–H and O–H groups in total. The van der Waals surface area contributed by atoms with Gasteiger partial charge in [-0.1, -0.05) is 121 Å². The number of nitriles is 1. The van der Waals surface area contributed by atoms with Crippen LogP contribution in [0.4, 0.5) is 8.78 Å². The highest BCUT2D eigenvalue weighted by Crippen LogP contribution is 2.47. The van der Waals surface area contributed by atoms with E-state index >= 15 is 8.78 Å². The fourth-order valence-electron chi connectivity index (χ4n) is 8.74. The van der Waals surface area contributed by atoms with E-state index in [1.54, 1.807) is 28.8 Å². The maximum Gasteiger partial charge on any atom is 0.174 e. The van der Waals surface area contributed by atoms with Gasteiger partial charge in [0.1, 0.15) is 5.69 Å². The smallest absolute Gasteiger partial charge is 0.174 e. The predicted molar refractivity (Wildman–Crippen MR) is 220 cm³/mol. The summed E-state index contributed by atoms with van der Waals surface area (Å²) in [5.41, 5.74) is 6.12. The van der Waals surface area contributed by atoms with Crippen LogP contribution in [0.2, 0.25) is 0 Å². The maximum absolute atomic E-state index is 18.8. The molecule has 0 radical (unpaired) electrons. The molecule has 0 aliphatic heterocycles. The summed E-state index contributed by atoms with van der Waals surface area (Å²) in [6.45, 7) is 0. The first kappa shape index (κ1) is 31.1. The Kier molecular flexibility index (Phi) is 6.64. The van der Waals surface area contributed by atoms with E-state index in [9.17, 15) is 5.26 Å². The zero-order chi connectivity index (χ0) is 36.8. The summed E-state index contributed by atoms with van der Waals surface area (Å²) in [5.74, 6) is -1.42. The van der Waals surface area contributed by atoms with Crippen LogP contribution < -0.4 is 0 Å². The van der Waals surface area contributed by atoms with Gasteiger partial charge in [-0.3, -0.25) is 0 Å². The molecule has 8 aromatic carbocycles. The molecule has 55 heavy (non-hydrogen) atoms.